The summed E-state index contributed by atoms with van der Waals surface area (Å²) < 4.78 is 5.81. The highest BCUT2D eigenvalue weighted by Crippen LogP contribution is 2.41. The van der Waals surface area contributed by atoms with Gasteiger partial charge >= 0.3 is 0 Å². The number of piperazine rings is 1. The van der Waals surface area contributed by atoms with Gasteiger partial charge in [0, 0.05) is 43.9 Å². The number of nitrogens with zero attached hydrogens (tertiary/aromatic N) is 1. The van der Waals surface area contributed by atoms with E-state index in [1.54, 1.807) is 7.11 Å². The van der Waals surface area contributed by atoms with Crippen molar-refractivity contribution in [1.82, 2.24) is 10.2 Å². The molecule has 0 saturated carbocycles. The molecule has 1 saturated heterocycles. The SMILES string of the molecule is COc1c(C(C)(C)C)cc(C(O)CN2CCNCC2)cc1C(C)(C)C. The predicted molar refractivity (Wildman–Crippen MR) is 105 cm³/mol. The Morgan fingerprint density at radius 2 is 1.52 bits per heavy atom. The number of aliphatic hydroxyl groups excluding tert-OH is 1. The Morgan fingerprint density at radius 3 is 1.92 bits per heavy atom. The first-order valence-corrected chi connectivity index (χ1v) is 9.38. The topological polar surface area (TPSA) is 44.7 Å². The Kier molecular flexibility index (Phi) is 6.18. The molecule has 1 atom stereocenters. The van der Waals surface area contributed by atoms with Crippen molar-refractivity contribution in [3.05, 3.63) is 28.8 Å². The molecule has 25 heavy (non-hydrogen) atoms. The van der Waals surface area contributed by atoms with Crippen LogP contribution in [0.25, 0.3) is 0 Å². The quantitative estimate of drug-likeness (QED) is 0.877. The monoisotopic (exact) mass is 348 g/mol. The molecule has 0 amide bonds. The molecule has 0 aromatic heterocycles. The highest BCUT2D eigenvalue weighted by Gasteiger charge is 2.29. The number of rotatable bonds is 4. The van der Waals surface area contributed by atoms with Crippen molar-refractivity contribution in [3.8, 4) is 5.75 Å². The van der Waals surface area contributed by atoms with E-state index < -0.39 is 6.10 Å². The summed E-state index contributed by atoms with van der Waals surface area (Å²) in [7, 11) is 1.75. The second-order valence-electron chi connectivity index (χ2n) is 9.22. The van der Waals surface area contributed by atoms with Gasteiger partial charge in [-0.05, 0) is 28.5 Å². The van der Waals surface area contributed by atoms with Crippen molar-refractivity contribution in [2.45, 2.75) is 58.5 Å². The van der Waals surface area contributed by atoms with Crippen LogP contribution >= 0.6 is 0 Å². The van der Waals surface area contributed by atoms with Crippen molar-refractivity contribution in [3.63, 3.8) is 0 Å². The molecule has 1 unspecified atom stereocenters. The fraction of sp³-hybridized carbons (Fsp3) is 0.714. The lowest BCUT2D eigenvalue weighted by molar-refractivity contribution is 0.105. The lowest BCUT2D eigenvalue weighted by Crippen LogP contribution is -2.45. The molecule has 142 valence electrons. The fourth-order valence-electron chi connectivity index (χ4n) is 3.42. The van der Waals surface area contributed by atoms with Crippen LogP contribution in [0, 0.1) is 0 Å². The van der Waals surface area contributed by atoms with Gasteiger partial charge in [0.25, 0.3) is 0 Å². The van der Waals surface area contributed by atoms with E-state index >= 15 is 0 Å². The first-order chi connectivity index (χ1) is 11.5. The zero-order valence-corrected chi connectivity index (χ0v) is 17.1. The summed E-state index contributed by atoms with van der Waals surface area (Å²) >= 11 is 0. The summed E-state index contributed by atoms with van der Waals surface area (Å²) in [6, 6.07) is 4.28. The smallest absolute Gasteiger partial charge is 0.126 e. The van der Waals surface area contributed by atoms with Crippen molar-refractivity contribution in [2.24, 2.45) is 0 Å². The van der Waals surface area contributed by atoms with Gasteiger partial charge in [0.1, 0.15) is 5.75 Å². The summed E-state index contributed by atoms with van der Waals surface area (Å²) in [6.07, 6.45) is -0.480. The minimum atomic E-state index is -0.480. The third-order valence-corrected chi connectivity index (χ3v) is 4.96. The van der Waals surface area contributed by atoms with E-state index in [2.05, 4.69) is 63.9 Å². The fourth-order valence-corrected chi connectivity index (χ4v) is 3.42. The van der Waals surface area contributed by atoms with Gasteiger partial charge in [-0.25, -0.2) is 0 Å². The number of hydrogen-bond acceptors (Lipinski definition) is 4. The van der Waals surface area contributed by atoms with Crippen molar-refractivity contribution < 1.29 is 9.84 Å². The zero-order valence-electron chi connectivity index (χ0n) is 17.1. The van der Waals surface area contributed by atoms with Crippen LogP contribution in [0.5, 0.6) is 5.75 Å². The molecule has 1 aromatic carbocycles. The van der Waals surface area contributed by atoms with Crippen LogP contribution in [0.4, 0.5) is 0 Å². The Balaban J connectivity index is 2.43. The molecule has 1 aliphatic heterocycles. The average molecular weight is 349 g/mol. The van der Waals surface area contributed by atoms with Crippen LogP contribution in [0.15, 0.2) is 12.1 Å². The molecule has 0 radical (unpaired) electrons. The second kappa shape index (κ2) is 7.65. The number of nitrogens with one attached hydrogen (secondary N) is 1. The van der Waals surface area contributed by atoms with Gasteiger partial charge in [-0.3, -0.25) is 4.90 Å². The van der Waals surface area contributed by atoms with E-state index in [-0.39, 0.29) is 10.8 Å². The van der Waals surface area contributed by atoms with E-state index in [4.69, 9.17) is 4.74 Å². The molecular formula is C21H36N2O2. The summed E-state index contributed by atoms with van der Waals surface area (Å²) in [6.45, 7) is 17.8. The first-order valence-electron chi connectivity index (χ1n) is 9.38. The summed E-state index contributed by atoms with van der Waals surface area (Å²) in [5.74, 6) is 0.957. The maximum absolute atomic E-state index is 10.9. The highest BCUT2D eigenvalue weighted by atomic mass is 16.5. The van der Waals surface area contributed by atoms with Crippen LogP contribution in [-0.4, -0.2) is 49.8 Å². The average Bonchev–Trinajstić information content (AvgIpc) is 2.52. The molecule has 1 fully saturated rings. The van der Waals surface area contributed by atoms with E-state index in [1.165, 1.54) is 0 Å². The van der Waals surface area contributed by atoms with Gasteiger partial charge in [-0.15, -0.1) is 0 Å². The van der Waals surface area contributed by atoms with Crippen LogP contribution in [-0.2, 0) is 10.8 Å². The lowest BCUT2D eigenvalue weighted by Gasteiger charge is -2.32. The minimum absolute atomic E-state index is 0.0455. The summed E-state index contributed by atoms with van der Waals surface area (Å²) in [5, 5.41) is 14.3. The zero-order chi connectivity index (χ0) is 18.8. The Bertz CT molecular complexity index is 544. The Morgan fingerprint density at radius 1 is 1.04 bits per heavy atom. The number of methoxy groups -OCH3 is 1. The van der Waals surface area contributed by atoms with E-state index in [1.807, 2.05) is 0 Å². The van der Waals surface area contributed by atoms with Gasteiger partial charge < -0.3 is 15.2 Å². The molecule has 2 N–H and O–H groups in total. The van der Waals surface area contributed by atoms with Crippen molar-refractivity contribution in [2.75, 3.05) is 39.8 Å². The molecule has 4 heteroatoms. The van der Waals surface area contributed by atoms with E-state index in [0.717, 1.165) is 48.6 Å². The van der Waals surface area contributed by atoms with Gasteiger partial charge in [-0.2, -0.15) is 0 Å². The maximum Gasteiger partial charge on any atom is 0.126 e. The number of aliphatic hydroxyl groups is 1. The first kappa shape index (κ1) is 20.2. The molecule has 2 rings (SSSR count). The summed E-state index contributed by atoms with van der Waals surface area (Å²) in [4.78, 5) is 2.33. The third kappa shape index (κ3) is 4.96. The Labute approximate surface area is 153 Å². The number of ether oxygens (including phenoxy) is 1. The van der Waals surface area contributed by atoms with E-state index in [9.17, 15) is 5.11 Å². The largest absolute Gasteiger partial charge is 0.496 e. The molecule has 1 aliphatic rings. The van der Waals surface area contributed by atoms with Gasteiger partial charge in [0.2, 0.25) is 0 Å². The van der Waals surface area contributed by atoms with Gasteiger partial charge in [-0.1, -0.05) is 41.5 Å². The number of benzene rings is 1. The van der Waals surface area contributed by atoms with Crippen LogP contribution < -0.4 is 10.1 Å². The molecule has 0 aliphatic carbocycles. The highest BCUT2D eigenvalue weighted by molar-refractivity contribution is 5.51. The lowest BCUT2D eigenvalue weighted by atomic mass is 9.78. The van der Waals surface area contributed by atoms with E-state index in [0.29, 0.717) is 6.54 Å². The van der Waals surface area contributed by atoms with Crippen LogP contribution in [0.3, 0.4) is 0 Å². The standard InChI is InChI=1S/C21H36N2O2/c1-20(2,3)16-12-15(13-17(19(16)25-7)21(4,5)6)18(24)14-23-10-8-22-9-11-23/h12-13,18,22,24H,8-11,14H2,1-7H3. The molecule has 0 spiro atoms. The van der Waals surface area contributed by atoms with Crippen LogP contribution in [0.2, 0.25) is 0 Å². The molecule has 1 heterocycles. The van der Waals surface area contributed by atoms with Gasteiger partial charge in [0.15, 0.2) is 0 Å². The molecule has 0 bridgehead atoms. The normalized spacial score (nSPS) is 18.2. The number of β-amino-alcohol motifs (C(OH)–C–C–N with tert-alkyl or cyclic N) is 1. The predicted octanol–water partition coefficient (Wildman–Crippen LogP) is 3.23. The van der Waals surface area contributed by atoms with Crippen molar-refractivity contribution >= 4 is 0 Å². The van der Waals surface area contributed by atoms with Crippen molar-refractivity contribution in [1.29, 1.82) is 0 Å². The second-order valence-corrected chi connectivity index (χ2v) is 9.22. The molecular weight excluding hydrogens is 312 g/mol. The minimum Gasteiger partial charge on any atom is -0.496 e. The Hall–Kier alpha value is -1.10. The number of hydrogen-bond donors (Lipinski definition) is 2. The maximum atomic E-state index is 10.9. The molecule has 1 aromatic rings. The van der Waals surface area contributed by atoms with Gasteiger partial charge in [0.05, 0.1) is 13.2 Å². The summed E-state index contributed by atoms with van der Waals surface area (Å²) in [5.41, 5.74) is 3.23. The van der Waals surface area contributed by atoms with Crippen LogP contribution in [0.1, 0.15) is 64.3 Å². The third-order valence-electron chi connectivity index (χ3n) is 4.96. The molecule has 4 nitrogen and oxygen atoms in total.